The molecule has 0 saturated heterocycles. The number of benzene rings is 1. The molecule has 5 heteroatoms. The van der Waals surface area contributed by atoms with E-state index in [-0.39, 0.29) is 12.3 Å². The zero-order chi connectivity index (χ0) is 14.6. The van der Waals surface area contributed by atoms with E-state index in [4.69, 9.17) is 5.73 Å². The molecular formula is C15H20N2O3. The van der Waals surface area contributed by atoms with Crippen LogP contribution in [0.2, 0.25) is 0 Å². The van der Waals surface area contributed by atoms with Gasteiger partial charge in [0.05, 0.1) is 12.0 Å². The van der Waals surface area contributed by atoms with Gasteiger partial charge in [0, 0.05) is 0 Å². The molecule has 2 amide bonds. The molecule has 108 valence electrons. The molecule has 1 fully saturated rings. The van der Waals surface area contributed by atoms with Crippen molar-refractivity contribution in [2.45, 2.75) is 43.7 Å². The quantitative estimate of drug-likeness (QED) is 0.749. The number of hydrogen-bond donors (Lipinski definition) is 3. The normalized spacial score (nSPS) is 18.4. The summed E-state index contributed by atoms with van der Waals surface area (Å²) >= 11 is 0. The number of carbonyl (C=O) groups is 2. The molecule has 1 aromatic carbocycles. The highest BCUT2D eigenvalue weighted by Gasteiger charge is 2.34. The number of nitrogens with two attached hydrogens (primary N) is 1. The Hall–Kier alpha value is -1.88. The lowest BCUT2D eigenvalue weighted by Crippen LogP contribution is -2.41. The van der Waals surface area contributed by atoms with Crippen LogP contribution in [0.4, 0.5) is 0 Å². The Morgan fingerprint density at radius 2 is 1.85 bits per heavy atom. The molecule has 4 N–H and O–H groups in total. The van der Waals surface area contributed by atoms with Crippen LogP contribution in [0.5, 0.6) is 0 Å². The maximum Gasteiger partial charge on any atom is 0.244 e. The van der Waals surface area contributed by atoms with E-state index in [1.165, 1.54) is 0 Å². The average Bonchev–Trinajstić information content (AvgIpc) is 2.83. The molecular weight excluding hydrogens is 256 g/mol. The number of amides is 2. The van der Waals surface area contributed by atoms with Gasteiger partial charge in [-0.2, -0.15) is 0 Å². The molecule has 1 aromatic rings. The Balaban J connectivity index is 2.02. The second kappa shape index (κ2) is 6.05. The molecule has 1 atom stereocenters. The van der Waals surface area contributed by atoms with Crippen molar-refractivity contribution in [3.63, 3.8) is 0 Å². The summed E-state index contributed by atoms with van der Waals surface area (Å²) in [5.41, 5.74) is 5.06. The first-order chi connectivity index (χ1) is 9.50. The van der Waals surface area contributed by atoms with Gasteiger partial charge < -0.3 is 16.2 Å². The number of carbonyl (C=O) groups excluding carboxylic acids is 2. The third kappa shape index (κ3) is 3.57. The molecule has 20 heavy (non-hydrogen) atoms. The Morgan fingerprint density at radius 3 is 2.40 bits per heavy atom. The van der Waals surface area contributed by atoms with E-state index in [1.807, 2.05) is 6.07 Å². The molecule has 1 saturated carbocycles. The molecule has 5 nitrogen and oxygen atoms in total. The summed E-state index contributed by atoms with van der Waals surface area (Å²) in [7, 11) is 0. The van der Waals surface area contributed by atoms with Gasteiger partial charge in [-0.05, 0) is 18.4 Å². The van der Waals surface area contributed by atoms with Crippen LogP contribution in [0.25, 0.3) is 0 Å². The van der Waals surface area contributed by atoms with Gasteiger partial charge in [-0.1, -0.05) is 43.2 Å². The smallest absolute Gasteiger partial charge is 0.244 e. The van der Waals surface area contributed by atoms with Crippen LogP contribution in [0.1, 0.15) is 43.7 Å². The monoisotopic (exact) mass is 276 g/mol. The van der Waals surface area contributed by atoms with Crippen LogP contribution in [0.15, 0.2) is 30.3 Å². The molecule has 1 unspecified atom stereocenters. The summed E-state index contributed by atoms with van der Waals surface area (Å²) in [5, 5.41) is 12.8. The highest BCUT2D eigenvalue weighted by atomic mass is 16.3. The van der Waals surface area contributed by atoms with Crippen LogP contribution < -0.4 is 11.1 Å². The number of aliphatic hydroxyl groups is 1. The van der Waals surface area contributed by atoms with Gasteiger partial charge in [-0.25, -0.2) is 0 Å². The van der Waals surface area contributed by atoms with Gasteiger partial charge >= 0.3 is 0 Å². The lowest BCUT2D eigenvalue weighted by Gasteiger charge is -2.23. The molecule has 0 bridgehead atoms. The summed E-state index contributed by atoms with van der Waals surface area (Å²) in [6.07, 6.45) is 3.15. The SMILES string of the molecule is NC(=O)C(NC(=O)CC1(O)CCCC1)c1ccccc1. The van der Waals surface area contributed by atoms with Gasteiger partial charge in [0.25, 0.3) is 0 Å². The predicted molar refractivity (Wildman–Crippen MR) is 74.6 cm³/mol. The second-order valence-corrected chi connectivity index (χ2v) is 5.42. The Kier molecular flexibility index (Phi) is 4.39. The van der Waals surface area contributed by atoms with Crippen molar-refractivity contribution in [2.75, 3.05) is 0 Å². The first-order valence-electron chi connectivity index (χ1n) is 6.86. The summed E-state index contributed by atoms with van der Waals surface area (Å²) in [4.78, 5) is 23.5. The zero-order valence-electron chi connectivity index (χ0n) is 11.3. The van der Waals surface area contributed by atoms with Gasteiger partial charge in [-0.3, -0.25) is 9.59 Å². The van der Waals surface area contributed by atoms with Crippen molar-refractivity contribution in [3.05, 3.63) is 35.9 Å². The van der Waals surface area contributed by atoms with Gasteiger partial charge in [0.15, 0.2) is 0 Å². The van der Waals surface area contributed by atoms with Crippen molar-refractivity contribution in [1.29, 1.82) is 0 Å². The molecule has 0 aliphatic heterocycles. The fourth-order valence-corrected chi connectivity index (χ4v) is 2.68. The molecule has 1 aliphatic rings. The average molecular weight is 276 g/mol. The van der Waals surface area contributed by atoms with E-state index in [1.54, 1.807) is 24.3 Å². The highest BCUT2D eigenvalue weighted by molar-refractivity contribution is 5.87. The first kappa shape index (κ1) is 14.5. The number of rotatable bonds is 5. The van der Waals surface area contributed by atoms with E-state index in [9.17, 15) is 14.7 Å². The Morgan fingerprint density at radius 1 is 1.25 bits per heavy atom. The fraction of sp³-hybridized carbons (Fsp3) is 0.467. The van der Waals surface area contributed by atoms with Crippen LogP contribution in [-0.2, 0) is 9.59 Å². The van der Waals surface area contributed by atoms with E-state index >= 15 is 0 Å². The molecule has 0 radical (unpaired) electrons. The summed E-state index contributed by atoms with van der Waals surface area (Å²) in [6, 6.07) is 8.00. The zero-order valence-corrected chi connectivity index (χ0v) is 11.3. The topological polar surface area (TPSA) is 92.4 Å². The van der Waals surface area contributed by atoms with Gasteiger partial charge in [0.2, 0.25) is 11.8 Å². The van der Waals surface area contributed by atoms with Crippen molar-refractivity contribution in [2.24, 2.45) is 5.73 Å². The molecule has 1 aliphatic carbocycles. The molecule has 0 heterocycles. The first-order valence-corrected chi connectivity index (χ1v) is 6.86. The standard InChI is InChI=1S/C15H20N2O3/c16-14(19)13(11-6-2-1-3-7-11)17-12(18)10-15(20)8-4-5-9-15/h1-3,6-7,13,20H,4-5,8-10H2,(H2,16,19)(H,17,18). The van der Waals surface area contributed by atoms with Crippen LogP contribution in [0, 0.1) is 0 Å². The van der Waals surface area contributed by atoms with Crippen molar-refractivity contribution in [1.82, 2.24) is 5.32 Å². The number of primary amides is 1. The van der Waals surface area contributed by atoms with E-state index in [0.717, 1.165) is 12.8 Å². The van der Waals surface area contributed by atoms with Crippen LogP contribution in [-0.4, -0.2) is 22.5 Å². The summed E-state index contributed by atoms with van der Waals surface area (Å²) in [6.45, 7) is 0. The molecule has 0 spiro atoms. The maximum atomic E-state index is 12.0. The number of hydrogen-bond acceptors (Lipinski definition) is 3. The lowest BCUT2D eigenvalue weighted by molar-refractivity contribution is -0.130. The maximum absolute atomic E-state index is 12.0. The van der Waals surface area contributed by atoms with Gasteiger partial charge in [-0.15, -0.1) is 0 Å². The third-order valence-corrected chi connectivity index (χ3v) is 3.75. The van der Waals surface area contributed by atoms with E-state index in [0.29, 0.717) is 18.4 Å². The lowest BCUT2D eigenvalue weighted by atomic mass is 9.97. The third-order valence-electron chi connectivity index (χ3n) is 3.75. The van der Waals surface area contributed by atoms with Crippen molar-refractivity contribution in [3.8, 4) is 0 Å². The van der Waals surface area contributed by atoms with E-state index < -0.39 is 17.6 Å². The van der Waals surface area contributed by atoms with Crippen LogP contribution >= 0.6 is 0 Å². The van der Waals surface area contributed by atoms with Crippen molar-refractivity contribution >= 4 is 11.8 Å². The predicted octanol–water partition coefficient (Wildman–Crippen LogP) is 1.02. The van der Waals surface area contributed by atoms with Crippen molar-refractivity contribution < 1.29 is 14.7 Å². The fourth-order valence-electron chi connectivity index (χ4n) is 2.68. The van der Waals surface area contributed by atoms with Gasteiger partial charge in [0.1, 0.15) is 6.04 Å². The minimum Gasteiger partial charge on any atom is -0.389 e. The minimum atomic E-state index is -0.928. The van der Waals surface area contributed by atoms with Crippen LogP contribution in [0.3, 0.4) is 0 Å². The molecule has 2 rings (SSSR count). The largest absolute Gasteiger partial charge is 0.389 e. The summed E-state index contributed by atoms with van der Waals surface area (Å²) in [5.74, 6) is -0.954. The Bertz CT molecular complexity index is 481. The number of nitrogens with one attached hydrogen (secondary N) is 1. The van der Waals surface area contributed by atoms with E-state index in [2.05, 4.69) is 5.32 Å². The highest BCUT2D eigenvalue weighted by Crippen LogP contribution is 2.32. The molecule has 0 aromatic heterocycles. The second-order valence-electron chi connectivity index (χ2n) is 5.42. The minimum absolute atomic E-state index is 0.0175. The Labute approximate surface area is 118 Å². The summed E-state index contributed by atoms with van der Waals surface area (Å²) < 4.78 is 0.